The second kappa shape index (κ2) is 3.39. The van der Waals surface area contributed by atoms with Gasteiger partial charge in [-0.2, -0.15) is 5.48 Å². The summed E-state index contributed by atoms with van der Waals surface area (Å²) in [4.78, 5) is 5.25. The average Bonchev–Trinajstić information content (AvgIpc) is 2.18. The summed E-state index contributed by atoms with van der Waals surface area (Å²) in [5.41, 5.74) is 3.75. The summed E-state index contributed by atoms with van der Waals surface area (Å²) < 4.78 is 5.26. The van der Waals surface area contributed by atoms with Crippen molar-refractivity contribution in [3.8, 4) is 5.75 Å². The fourth-order valence-electron chi connectivity index (χ4n) is 1.20. The third kappa shape index (κ3) is 1.59. The predicted octanol–water partition coefficient (Wildman–Crippen LogP) is 1.92. The molecule has 0 saturated carbocycles. The molecule has 13 heavy (non-hydrogen) atoms. The number of benzene rings is 1. The van der Waals surface area contributed by atoms with Gasteiger partial charge in [0.05, 0.1) is 6.61 Å². The van der Waals surface area contributed by atoms with E-state index in [2.05, 4.69) is 5.48 Å². The lowest BCUT2D eigenvalue weighted by Gasteiger charge is -2.18. The summed E-state index contributed by atoms with van der Waals surface area (Å²) in [6.45, 7) is 2.56. The zero-order valence-electron chi connectivity index (χ0n) is 7.41. The largest absolute Gasteiger partial charge is 0.478 e. The average molecular weight is 177 g/mol. The summed E-state index contributed by atoms with van der Waals surface area (Å²) in [6.07, 6.45) is 1.92. The second-order valence-corrected chi connectivity index (χ2v) is 2.68. The van der Waals surface area contributed by atoms with E-state index in [1.807, 2.05) is 37.3 Å². The first-order valence-corrected chi connectivity index (χ1v) is 4.26. The lowest BCUT2D eigenvalue weighted by atomic mass is 10.2. The van der Waals surface area contributed by atoms with Crippen molar-refractivity contribution in [2.45, 2.75) is 6.92 Å². The normalized spacial score (nSPS) is 13.5. The lowest BCUT2D eigenvalue weighted by Crippen LogP contribution is -2.23. The van der Waals surface area contributed by atoms with Crippen LogP contribution in [0, 0.1) is 0 Å². The van der Waals surface area contributed by atoms with Crippen LogP contribution in [0.15, 0.2) is 30.1 Å². The number of para-hydroxylation sites is 1. The molecule has 2 rings (SSSR count). The van der Waals surface area contributed by atoms with E-state index in [9.17, 15) is 0 Å². The Morgan fingerprint density at radius 3 is 3.08 bits per heavy atom. The molecule has 0 amide bonds. The van der Waals surface area contributed by atoms with Gasteiger partial charge in [-0.1, -0.05) is 18.2 Å². The molecule has 0 radical (unpaired) electrons. The van der Waals surface area contributed by atoms with Crippen LogP contribution >= 0.6 is 0 Å². The van der Waals surface area contributed by atoms with Crippen LogP contribution < -0.4 is 10.3 Å². The van der Waals surface area contributed by atoms with Crippen LogP contribution in [0.5, 0.6) is 5.75 Å². The molecule has 1 heterocycles. The fourth-order valence-corrected chi connectivity index (χ4v) is 1.20. The van der Waals surface area contributed by atoms with Crippen molar-refractivity contribution in [2.75, 3.05) is 6.61 Å². The number of nitrogens with one attached hydrogen (secondary N) is 1. The highest BCUT2D eigenvalue weighted by Gasteiger charge is 2.09. The molecule has 0 aliphatic carbocycles. The van der Waals surface area contributed by atoms with Gasteiger partial charge in [0.25, 0.3) is 0 Å². The standard InChI is InChI=1S/C10H11NO2/c1-2-12-10-7-8-5-3-4-6-9(8)13-11-10/h3-7,11H,2H2,1H3. The number of ether oxygens (including phenoxy) is 1. The molecule has 0 saturated heterocycles. The van der Waals surface area contributed by atoms with Crippen LogP contribution in [-0.2, 0) is 4.74 Å². The summed E-state index contributed by atoms with van der Waals surface area (Å²) in [5, 5.41) is 0. The van der Waals surface area contributed by atoms with Crippen molar-refractivity contribution in [1.82, 2.24) is 5.48 Å². The molecule has 0 atom stereocenters. The summed E-state index contributed by atoms with van der Waals surface area (Å²) in [6, 6.07) is 7.78. The first-order valence-electron chi connectivity index (χ1n) is 4.26. The maximum atomic E-state index is 5.26. The van der Waals surface area contributed by atoms with E-state index in [4.69, 9.17) is 9.57 Å². The Labute approximate surface area is 76.9 Å². The minimum atomic E-state index is 0.629. The predicted molar refractivity (Wildman–Crippen MR) is 49.8 cm³/mol. The van der Waals surface area contributed by atoms with Gasteiger partial charge in [0.2, 0.25) is 5.88 Å². The second-order valence-electron chi connectivity index (χ2n) is 2.68. The molecule has 0 unspecified atom stereocenters. The highest BCUT2D eigenvalue weighted by Crippen LogP contribution is 2.23. The lowest BCUT2D eigenvalue weighted by molar-refractivity contribution is 0.111. The van der Waals surface area contributed by atoms with Crippen LogP contribution in [0.25, 0.3) is 6.08 Å². The van der Waals surface area contributed by atoms with E-state index in [0.717, 1.165) is 11.3 Å². The molecule has 1 aromatic rings. The van der Waals surface area contributed by atoms with Crippen LogP contribution in [0.1, 0.15) is 12.5 Å². The molecule has 1 N–H and O–H groups in total. The van der Waals surface area contributed by atoms with Gasteiger partial charge in [-0.05, 0) is 13.0 Å². The topological polar surface area (TPSA) is 30.5 Å². The fraction of sp³-hybridized carbons (Fsp3) is 0.200. The molecule has 1 aliphatic heterocycles. The molecular formula is C10H11NO2. The highest BCUT2D eigenvalue weighted by molar-refractivity contribution is 5.59. The van der Waals surface area contributed by atoms with Crippen molar-refractivity contribution < 1.29 is 9.57 Å². The van der Waals surface area contributed by atoms with Gasteiger partial charge >= 0.3 is 0 Å². The number of hydrogen-bond acceptors (Lipinski definition) is 3. The molecule has 1 aromatic carbocycles. The molecule has 0 spiro atoms. The maximum absolute atomic E-state index is 5.26. The van der Waals surface area contributed by atoms with E-state index in [1.165, 1.54) is 0 Å². The van der Waals surface area contributed by atoms with Crippen molar-refractivity contribution in [2.24, 2.45) is 0 Å². The quantitative estimate of drug-likeness (QED) is 0.748. The Hall–Kier alpha value is -1.64. The van der Waals surface area contributed by atoms with E-state index in [-0.39, 0.29) is 0 Å². The Morgan fingerprint density at radius 2 is 2.23 bits per heavy atom. The molecule has 1 aliphatic rings. The zero-order valence-corrected chi connectivity index (χ0v) is 7.41. The van der Waals surface area contributed by atoms with Gasteiger partial charge < -0.3 is 9.57 Å². The number of hydrogen-bond donors (Lipinski definition) is 1. The summed E-state index contributed by atoms with van der Waals surface area (Å²) in [5.74, 6) is 1.48. The molecule has 0 bridgehead atoms. The van der Waals surface area contributed by atoms with Gasteiger partial charge in [-0.15, -0.1) is 0 Å². The zero-order chi connectivity index (χ0) is 9.10. The Kier molecular flexibility index (Phi) is 2.08. The number of hydroxylamine groups is 1. The van der Waals surface area contributed by atoms with E-state index in [1.54, 1.807) is 0 Å². The first kappa shape index (κ1) is 7.98. The van der Waals surface area contributed by atoms with Crippen molar-refractivity contribution in [3.63, 3.8) is 0 Å². The van der Waals surface area contributed by atoms with Crippen LogP contribution in [0.3, 0.4) is 0 Å². The third-order valence-electron chi connectivity index (χ3n) is 1.77. The molecular weight excluding hydrogens is 166 g/mol. The van der Waals surface area contributed by atoms with Crippen molar-refractivity contribution >= 4 is 6.08 Å². The molecule has 68 valence electrons. The smallest absolute Gasteiger partial charge is 0.221 e. The minimum Gasteiger partial charge on any atom is -0.478 e. The number of fused-ring (bicyclic) bond motifs is 1. The molecule has 0 fully saturated rings. The van der Waals surface area contributed by atoms with Crippen molar-refractivity contribution in [3.05, 3.63) is 35.7 Å². The van der Waals surface area contributed by atoms with E-state index in [0.29, 0.717) is 12.5 Å². The van der Waals surface area contributed by atoms with Crippen LogP contribution in [-0.4, -0.2) is 6.61 Å². The Bertz CT molecular complexity index is 333. The van der Waals surface area contributed by atoms with Crippen LogP contribution in [0.4, 0.5) is 0 Å². The van der Waals surface area contributed by atoms with Crippen LogP contribution in [0.2, 0.25) is 0 Å². The molecule has 3 nitrogen and oxygen atoms in total. The molecule has 3 heteroatoms. The SMILES string of the molecule is CCOC1=Cc2ccccc2ON1. The molecule has 0 aromatic heterocycles. The summed E-state index contributed by atoms with van der Waals surface area (Å²) >= 11 is 0. The van der Waals surface area contributed by atoms with Gasteiger partial charge in [0.1, 0.15) is 0 Å². The van der Waals surface area contributed by atoms with Crippen molar-refractivity contribution in [1.29, 1.82) is 0 Å². The van der Waals surface area contributed by atoms with Gasteiger partial charge in [0, 0.05) is 11.6 Å². The maximum Gasteiger partial charge on any atom is 0.221 e. The Balaban J connectivity index is 2.28. The van der Waals surface area contributed by atoms with E-state index >= 15 is 0 Å². The number of rotatable bonds is 2. The van der Waals surface area contributed by atoms with Gasteiger partial charge in [-0.25, -0.2) is 0 Å². The third-order valence-corrected chi connectivity index (χ3v) is 1.77. The highest BCUT2D eigenvalue weighted by atomic mass is 16.7. The van der Waals surface area contributed by atoms with Gasteiger partial charge in [0.15, 0.2) is 5.75 Å². The Morgan fingerprint density at radius 1 is 1.38 bits per heavy atom. The minimum absolute atomic E-state index is 0.629. The first-order chi connectivity index (χ1) is 6.40. The monoisotopic (exact) mass is 177 g/mol. The summed E-state index contributed by atoms with van der Waals surface area (Å²) in [7, 11) is 0. The van der Waals surface area contributed by atoms with E-state index < -0.39 is 0 Å². The van der Waals surface area contributed by atoms with Gasteiger partial charge in [-0.3, -0.25) is 0 Å².